The van der Waals surface area contributed by atoms with Crippen LogP contribution in [0.15, 0.2) is 12.3 Å². The predicted molar refractivity (Wildman–Crippen MR) is 76.1 cm³/mol. The summed E-state index contributed by atoms with van der Waals surface area (Å²) in [5, 5.41) is 8.04. The van der Waals surface area contributed by atoms with Crippen molar-refractivity contribution < 1.29 is 4.74 Å². The van der Waals surface area contributed by atoms with Crippen molar-refractivity contribution in [3.63, 3.8) is 0 Å². The molecule has 0 aliphatic carbocycles. The molecule has 1 fully saturated rings. The van der Waals surface area contributed by atoms with Crippen molar-refractivity contribution in [3.8, 4) is 0 Å². The minimum absolute atomic E-state index is 0.172. The van der Waals surface area contributed by atoms with E-state index >= 15 is 0 Å². The number of ether oxygens (including phenoxy) is 1. The molecule has 1 aromatic heterocycles. The molecule has 1 N–H and O–H groups in total. The van der Waals surface area contributed by atoms with Crippen molar-refractivity contribution in [2.24, 2.45) is 7.05 Å². The summed E-state index contributed by atoms with van der Waals surface area (Å²) in [6, 6.07) is 2.82. The molecule has 1 aromatic rings. The van der Waals surface area contributed by atoms with E-state index in [1.54, 1.807) is 0 Å². The molecule has 0 bridgehead atoms. The van der Waals surface area contributed by atoms with Crippen molar-refractivity contribution in [3.05, 3.63) is 18.0 Å². The summed E-state index contributed by atoms with van der Waals surface area (Å²) in [6.45, 7) is 10.3. The van der Waals surface area contributed by atoms with E-state index in [2.05, 4.69) is 42.2 Å². The average molecular weight is 266 g/mol. The van der Waals surface area contributed by atoms with Gasteiger partial charge in [-0.15, -0.1) is 0 Å². The standard InChI is InChI=1S/C14H26N4O/c1-5-15-14(12-6-7-17(4)16-12)13-10-18(11(2)3)8-9-19-13/h6-7,11,13-15H,5,8-10H2,1-4H3. The van der Waals surface area contributed by atoms with Gasteiger partial charge in [-0.05, 0) is 26.5 Å². The van der Waals surface area contributed by atoms with E-state index in [1.165, 1.54) is 0 Å². The number of likely N-dealkylation sites (N-methyl/N-ethyl adjacent to an activating group) is 1. The normalized spacial score (nSPS) is 22.9. The van der Waals surface area contributed by atoms with Gasteiger partial charge < -0.3 is 10.1 Å². The topological polar surface area (TPSA) is 42.3 Å². The number of aryl methyl sites for hydroxylation is 1. The molecular formula is C14H26N4O. The molecule has 0 saturated carbocycles. The summed E-state index contributed by atoms with van der Waals surface area (Å²) >= 11 is 0. The highest BCUT2D eigenvalue weighted by Crippen LogP contribution is 2.22. The Bertz CT molecular complexity index is 391. The number of nitrogens with one attached hydrogen (secondary N) is 1. The Morgan fingerprint density at radius 2 is 2.32 bits per heavy atom. The van der Waals surface area contributed by atoms with Crippen LogP contribution in [0.3, 0.4) is 0 Å². The molecular weight excluding hydrogens is 240 g/mol. The van der Waals surface area contributed by atoms with Crippen LogP contribution in [0.2, 0.25) is 0 Å². The zero-order valence-electron chi connectivity index (χ0n) is 12.5. The van der Waals surface area contributed by atoms with Crippen LogP contribution in [-0.2, 0) is 11.8 Å². The third-order valence-electron chi connectivity index (χ3n) is 3.70. The first kappa shape index (κ1) is 14.5. The summed E-state index contributed by atoms with van der Waals surface area (Å²) in [5.74, 6) is 0. The molecule has 0 radical (unpaired) electrons. The summed E-state index contributed by atoms with van der Waals surface area (Å²) in [5.41, 5.74) is 1.07. The number of nitrogens with zero attached hydrogens (tertiary/aromatic N) is 3. The Balaban J connectivity index is 2.10. The fourth-order valence-corrected chi connectivity index (χ4v) is 2.61. The molecule has 5 nitrogen and oxygen atoms in total. The van der Waals surface area contributed by atoms with E-state index in [0.717, 1.165) is 31.9 Å². The second kappa shape index (κ2) is 6.50. The molecule has 0 aromatic carbocycles. The zero-order valence-corrected chi connectivity index (χ0v) is 12.5. The highest BCUT2D eigenvalue weighted by Gasteiger charge is 2.30. The Hall–Kier alpha value is -0.910. The van der Waals surface area contributed by atoms with E-state index in [0.29, 0.717) is 6.04 Å². The van der Waals surface area contributed by atoms with Crippen LogP contribution in [0, 0.1) is 0 Å². The summed E-state index contributed by atoms with van der Waals surface area (Å²) in [6.07, 6.45) is 2.16. The average Bonchev–Trinajstić information content (AvgIpc) is 2.82. The summed E-state index contributed by atoms with van der Waals surface area (Å²) in [4.78, 5) is 2.47. The van der Waals surface area contributed by atoms with Gasteiger partial charge in [0.15, 0.2) is 0 Å². The number of hydrogen-bond acceptors (Lipinski definition) is 4. The van der Waals surface area contributed by atoms with E-state index in [-0.39, 0.29) is 12.1 Å². The Morgan fingerprint density at radius 3 is 2.89 bits per heavy atom. The third kappa shape index (κ3) is 3.55. The van der Waals surface area contributed by atoms with Crippen LogP contribution in [0.1, 0.15) is 32.5 Å². The van der Waals surface area contributed by atoms with E-state index in [1.807, 2.05) is 17.9 Å². The second-order valence-electron chi connectivity index (χ2n) is 5.45. The van der Waals surface area contributed by atoms with Gasteiger partial charge in [0.25, 0.3) is 0 Å². The fraction of sp³-hybridized carbons (Fsp3) is 0.786. The predicted octanol–water partition coefficient (Wildman–Crippen LogP) is 1.18. The van der Waals surface area contributed by atoms with Gasteiger partial charge in [0, 0.05) is 32.4 Å². The van der Waals surface area contributed by atoms with Gasteiger partial charge in [-0.3, -0.25) is 9.58 Å². The minimum Gasteiger partial charge on any atom is -0.374 e. The number of aromatic nitrogens is 2. The molecule has 2 unspecified atom stereocenters. The van der Waals surface area contributed by atoms with Crippen LogP contribution < -0.4 is 5.32 Å². The van der Waals surface area contributed by atoms with Crippen molar-refractivity contribution in [1.82, 2.24) is 20.0 Å². The minimum atomic E-state index is 0.172. The summed E-state index contributed by atoms with van der Waals surface area (Å²) in [7, 11) is 1.95. The largest absolute Gasteiger partial charge is 0.374 e. The molecule has 0 amide bonds. The van der Waals surface area contributed by atoms with Crippen molar-refractivity contribution >= 4 is 0 Å². The van der Waals surface area contributed by atoms with Crippen LogP contribution in [-0.4, -0.2) is 53.1 Å². The van der Waals surface area contributed by atoms with Gasteiger partial charge >= 0.3 is 0 Å². The number of hydrogen-bond donors (Lipinski definition) is 1. The molecule has 19 heavy (non-hydrogen) atoms. The molecule has 5 heteroatoms. The molecule has 1 aliphatic heterocycles. The molecule has 108 valence electrons. The van der Waals surface area contributed by atoms with Gasteiger partial charge in [-0.1, -0.05) is 6.92 Å². The Labute approximate surface area is 115 Å². The Kier molecular flexibility index (Phi) is 4.96. The molecule has 1 saturated heterocycles. The first-order valence-electron chi connectivity index (χ1n) is 7.20. The highest BCUT2D eigenvalue weighted by atomic mass is 16.5. The molecule has 2 heterocycles. The molecule has 1 aliphatic rings. The maximum Gasteiger partial charge on any atom is 0.0913 e. The third-order valence-corrected chi connectivity index (χ3v) is 3.70. The van der Waals surface area contributed by atoms with Crippen molar-refractivity contribution in [1.29, 1.82) is 0 Å². The lowest BCUT2D eigenvalue weighted by molar-refractivity contribution is -0.0565. The van der Waals surface area contributed by atoms with Crippen LogP contribution in [0.4, 0.5) is 0 Å². The quantitative estimate of drug-likeness (QED) is 0.869. The lowest BCUT2D eigenvalue weighted by Crippen LogP contribution is -2.50. The molecule has 2 rings (SSSR count). The van der Waals surface area contributed by atoms with Crippen molar-refractivity contribution in [2.45, 2.75) is 39.0 Å². The van der Waals surface area contributed by atoms with Crippen LogP contribution >= 0.6 is 0 Å². The van der Waals surface area contributed by atoms with Crippen LogP contribution in [0.5, 0.6) is 0 Å². The van der Waals surface area contributed by atoms with Crippen molar-refractivity contribution in [2.75, 3.05) is 26.2 Å². The lowest BCUT2D eigenvalue weighted by atomic mass is 10.0. The number of morpholine rings is 1. The van der Waals surface area contributed by atoms with Crippen LogP contribution in [0.25, 0.3) is 0 Å². The number of rotatable bonds is 5. The lowest BCUT2D eigenvalue weighted by Gasteiger charge is -2.38. The second-order valence-corrected chi connectivity index (χ2v) is 5.45. The molecule has 0 spiro atoms. The Morgan fingerprint density at radius 1 is 1.53 bits per heavy atom. The van der Waals surface area contributed by atoms with E-state index in [9.17, 15) is 0 Å². The maximum absolute atomic E-state index is 5.98. The van der Waals surface area contributed by atoms with E-state index in [4.69, 9.17) is 4.74 Å². The van der Waals surface area contributed by atoms with E-state index < -0.39 is 0 Å². The van der Waals surface area contributed by atoms with Gasteiger partial charge in [0.05, 0.1) is 24.4 Å². The monoisotopic (exact) mass is 266 g/mol. The summed E-state index contributed by atoms with van der Waals surface area (Å²) < 4.78 is 7.83. The highest BCUT2D eigenvalue weighted by molar-refractivity contribution is 5.08. The maximum atomic E-state index is 5.98. The first-order valence-corrected chi connectivity index (χ1v) is 7.20. The first-order chi connectivity index (χ1) is 9.11. The van der Waals surface area contributed by atoms with Gasteiger partial charge in [-0.2, -0.15) is 5.10 Å². The van der Waals surface area contributed by atoms with Gasteiger partial charge in [0.1, 0.15) is 0 Å². The van der Waals surface area contributed by atoms with Gasteiger partial charge in [-0.25, -0.2) is 0 Å². The fourth-order valence-electron chi connectivity index (χ4n) is 2.61. The zero-order chi connectivity index (χ0) is 13.8. The SMILES string of the molecule is CCNC(c1ccn(C)n1)C1CN(C(C)C)CCO1. The smallest absolute Gasteiger partial charge is 0.0913 e. The van der Waals surface area contributed by atoms with Gasteiger partial charge in [0.2, 0.25) is 0 Å². The molecule has 2 atom stereocenters.